The standard InChI is InChI=1S/C23H28N2O4/c1-2-28-20-15-19(23(20)11-4-3-5-12-23)25-21(26)16-8-6-9-17(14-16)24-22(27)18-10-7-13-29-18/h6-10,13-14,19-20H,2-5,11-12,15H2,1H3,(H,24,27)(H,25,26)/t19-,20-/m0/s1. The predicted molar refractivity (Wildman–Crippen MR) is 110 cm³/mol. The predicted octanol–water partition coefficient (Wildman–Crippen LogP) is 4.39. The topological polar surface area (TPSA) is 80.6 Å². The Morgan fingerprint density at radius 3 is 2.69 bits per heavy atom. The Kier molecular flexibility index (Phi) is 5.72. The van der Waals surface area contributed by atoms with E-state index in [1.165, 1.54) is 25.5 Å². The van der Waals surface area contributed by atoms with E-state index in [9.17, 15) is 9.59 Å². The zero-order valence-corrected chi connectivity index (χ0v) is 16.8. The Labute approximate surface area is 171 Å². The molecule has 4 rings (SSSR count). The number of carbonyl (C=O) groups is 2. The first-order valence-corrected chi connectivity index (χ1v) is 10.5. The van der Waals surface area contributed by atoms with Crippen molar-refractivity contribution in [3.8, 4) is 0 Å². The third kappa shape index (κ3) is 3.94. The Bertz CT molecular complexity index is 856. The molecule has 6 nitrogen and oxygen atoms in total. The molecule has 0 radical (unpaired) electrons. The molecule has 6 heteroatoms. The van der Waals surface area contributed by atoms with Gasteiger partial charge in [0.2, 0.25) is 0 Å². The molecule has 1 heterocycles. The number of ether oxygens (including phenoxy) is 1. The quantitative estimate of drug-likeness (QED) is 0.759. The van der Waals surface area contributed by atoms with E-state index in [1.54, 1.807) is 36.4 Å². The van der Waals surface area contributed by atoms with Gasteiger partial charge in [0.25, 0.3) is 11.8 Å². The molecule has 1 aromatic heterocycles. The van der Waals surface area contributed by atoms with Crippen LogP contribution in [0.1, 0.15) is 66.4 Å². The number of furan rings is 1. The Morgan fingerprint density at radius 1 is 1.14 bits per heavy atom. The van der Waals surface area contributed by atoms with E-state index in [0.717, 1.165) is 19.3 Å². The third-order valence-corrected chi connectivity index (χ3v) is 6.37. The van der Waals surface area contributed by atoms with Crippen molar-refractivity contribution in [2.45, 2.75) is 57.6 Å². The van der Waals surface area contributed by atoms with Crippen LogP contribution in [0.5, 0.6) is 0 Å². The molecule has 2 aliphatic rings. The van der Waals surface area contributed by atoms with Crippen LogP contribution in [0.4, 0.5) is 5.69 Å². The summed E-state index contributed by atoms with van der Waals surface area (Å²) in [5.41, 5.74) is 1.18. The van der Waals surface area contributed by atoms with Gasteiger partial charge in [0.1, 0.15) is 0 Å². The number of hydrogen-bond acceptors (Lipinski definition) is 4. The molecule has 29 heavy (non-hydrogen) atoms. The molecule has 2 aliphatic carbocycles. The van der Waals surface area contributed by atoms with Gasteiger partial charge in [-0.2, -0.15) is 0 Å². The first-order valence-electron chi connectivity index (χ1n) is 10.5. The van der Waals surface area contributed by atoms with Crippen molar-refractivity contribution >= 4 is 17.5 Å². The van der Waals surface area contributed by atoms with E-state index in [1.807, 2.05) is 6.92 Å². The number of hydrogen-bond donors (Lipinski definition) is 2. The van der Waals surface area contributed by atoms with Crippen molar-refractivity contribution in [1.29, 1.82) is 0 Å². The fourth-order valence-electron chi connectivity index (χ4n) is 4.85. The molecule has 2 aromatic rings. The summed E-state index contributed by atoms with van der Waals surface area (Å²) >= 11 is 0. The third-order valence-electron chi connectivity index (χ3n) is 6.37. The van der Waals surface area contributed by atoms with E-state index >= 15 is 0 Å². The van der Waals surface area contributed by atoms with Crippen molar-refractivity contribution in [2.24, 2.45) is 5.41 Å². The lowest BCUT2D eigenvalue weighted by Gasteiger charge is -2.57. The van der Waals surface area contributed by atoms with Gasteiger partial charge >= 0.3 is 0 Å². The van der Waals surface area contributed by atoms with Crippen LogP contribution in [-0.4, -0.2) is 30.6 Å². The molecule has 154 valence electrons. The lowest BCUT2D eigenvalue weighted by Crippen LogP contribution is -2.65. The van der Waals surface area contributed by atoms with Crippen molar-refractivity contribution in [3.63, 3.8) is 0 Å². The molecule has 2 N–H and O–H groups in total. The largest absolute Gasteiger partial charge is 0.459 e. The molecule has 0 bridgehead atoms. The van der Waals surface area contributed by atoms with Crippen molar-refractivity contribution in [3.05, 3.63) is 54.0 Å². The van der Waals surface area contributed by atoms with Gasteiger partial charge in [0, 0.05) is 29.3 Å². The molecule has 0 unspecified atom stereocenters. The summed E-state index contributed by atoms with van der Waals surface area (Å²) in [6.07, 6.45) is 8.45. The molecule has 2 saturated carbocycles. The van der Waals surface area contributed by atoms with Crippen LogP contribution in [0.2, 0.25) is 0 Å². The van der Waals surface area contributed by atoms with Gasteiger partial charge in [0.15, 0.2) is 5.76 Å². The molecular weight excluding hydrogens is 368 g/mol. The van der Waals surface area contributed by atoms with Gasteiger partial charge in [-0.1, -0.05) is 25.3 Å². The first kappa shape index (κ1) is 19.7. The Morgan fingerprint density at radius 2 is 1.97 bits per heavy atom. The zero-order valence-electron chi connectivity index (χ0n) is 16.8. The van der Waals surface area contributed by atoms with Crippen LogP contribution in [0.25, 0.3) is 0 Å². The van der Waals surface area contributed by atoms with Crippen molar-refractivity contribution in [2.75, 3.05) is 11.9 Å². The fourth-order valence-corrected chi connectivity index (χ4v) is 4.85. The SMILES string of the molecule is CCO[C@H]1C[C@H](NC(=O)c2cccc(NC(=O)c3ccco3)c2)C12CCCCC2. The highest BCUT2D eigenvalue weighted by atomic mass is 16.5. The highest BCUT2D eigenvalue weighted by molar-refractivity contribution is 6.03. The summed E-state index contributed by atoms with van der Waals surface area (Å²) < 4.78 is 11.1. The summed E-state index contributed by atoms with van der Waals surface area (Å²) in [6, 6.07) is 10.4. The molecule has 0 saturated heterocycles. The summed E-state index contributed by atoms with van der Waals surface area (Å²) in [6.45, 7) is 2.75. The molecule has 2 atom stereocenters. The average molecular weight is 396 g/mol. The number of benzene rings is 1. The second kappa shape index (κ2) is 8.41. The number of anilines is 1. The smallest absolute Gasteiger partial charge is 0.291 e. The van der Waals surface area contributed by atoms with Gasteiger partial charge in [-0.3, -0.25) is 9.59 Å². The van der Waals surface area contributed by atoms with Gasteiger partial charge in [-0.15, -0.1) is 0 Å². The summed E-state index contributed by atoms with van der Waals surface area (Å²) in [5, 5.41) is 6.01. The van der Waals surface area contributed by atoms with Crippen LogP contribution in [-0.2, 0) is 4.74 Å². The first-order chi connectivity index (χ1) is 14.1. The lowest BCUT2D eigenvalue weighted by molar-refractivity contribution is -0.146. The fraction of sp³-hybridized carbons (Fsp3) is 0.478. The molecule has 0 aliphatic heterocycles. The van der Waals surface area contributed by atoms with Crippen molar-refractivity contribution in [1.82, 2.24) is 5.32 Å². The number of nitrogens with one attached hydrogen (secondary N) is 2. The number of rotatable bonds is 6. The van der Waals surface area contributed by atoms with Gasteiger partial charge in [-0.05, 0) is 56.5 Å². The molecule has 2 amide bonds. The second-order valence-electron chi connectivity index (χ2n) is 8.01. The van der Waals surface area contributed by atoms with Gasteiger partial charge < -0.3 is 19.8 Å². The highest BCUT2D eigenvalue weighted by Crippen LogP contribution is 2.53. The summed E-state index contributed by atoms with van der Waals surface area (Å²) in [4.78, 5) is 25.1. The van der Waals surface area contributed by atoms with E-state index in [0.29, 0.717) is 17.9 Å². The van der Waals surface area contributed by atoms with Crippen molar-refractivity contribution < 1.29 is 18.7 Å². The summed E-state index contributed by atoms with van der Waals surface area (Å²) in [7, 11) is 0. The van der Waals surface area contributed by atoms with Gasteiger partial charge in [0.05, 0.1) is 12.4 Å². The Balaban J connectivity index is 1.43. The van der Waals surface area contributed by atoms with Crippen LogP contribution in [0.3, 0.4) is 0 Å². The van der Waals surface area contributed by atoms with Crippen LogP contribution in [0, 0.1) is 5.41 Å². The van der Waals surface area contributed by atoms with E-state index in [2.05, 4.69) is 10.6 Å². The highest BCUT2D eigenvalue weighted by Gasteiger charge is 2.56. The minimum absolute atomic E-state index is 0.0784. The normalized spacial score (nSPS) is 22.7. The summed E-state index contributed by atoms with van der Waals surface area (Å²) in [5.74, 6) is -0.216. The lowest BCUT2D eigenvalue weighted by atomic mass is 9.55. The average Bonchev–Trinajstić information content (AvgIpc) is 3.29. The monoisotopic (exact) mass is 396 g/mol. The molecule has 1 aromatic carbocycles. The molecular formula is C23H28N2O4. The molecule has 1 spiro atoms. The maximum absolute atomic E-state index is 12.9. The van der Waals surface area contributed by atoms with E-state index in [4.69, 9.17) is 9.15 Å². The zero-order chi connectivity index (χ0) is 20.3. The van der Waals surface area contributed by atoms with Crippen LogP contribution >= 0.6 is 0 Å². The maximum Gasteiger partial charge on any atom is 0.291 e. The van der Waals surface area contributed by atoms with E-state index < -0.39 is 0 Å². The minimum atomic E-state index is -0.340. The van der Waals surface area contributed by atoms with Crippen LogP contribution < -0.4 is 10.6 Å². The maximum atomic E-state index is 12.9. The minimum Gasteiger partial charge on any atom is -0.459 e. The number of carbonyl (C=O) groups excluding carboxylic acids is 2. The van der Waals surface area contributed by atoms with Gasteiger partial charge in [-0.25, -0.2) is 0 Å². The van der Waals surface area contributed by atoms with Crippen LogP contribution in [0.15, 0.2) is 47.1 Å². The Hall–Kier alpha value is -2.60. The second-order valence-corrected chi connectivity index (χ2v) is 8.01. The number of amides is 2. The molecule has 2 fully saturated rings. The van der Waals surface area contributed by atoms with E-state index in [-0.39, 0.29) is 35.1 Å².